The lowest BCUT2D eigenvalue weighted by atomic mass is 9.90. The van der Waals surface area contributed by atoms with Crippen molar-refractivity contribution in [1.29, 1.82) is 0 Å². The Balaban J connectivity index is 2.15. The van der Waals surface area contributed by atoms with E-state index in [0.717, 1.165) is 0 Å². The Kier molecular flexibility index (Phi) is 7.26. The van der Waals surface area contributed by atoms with Crippen LogP contribution in [-0.4, -0.2) is 49.6 Å². The van der Waals surface area contributed by atoms with E-state index >= 15 is 0 Å². The summed E-state index contributed by atoms with van der Waals surface area (Å²) in [5.74, 6) is 0.809. The molecule has 0 aliphatic carbocycles. The van der Waals surface area contributed by atoms with Gasteiger partial charge in [0.1, 0.15) is 0 Å². The number of nitrogens with zero attached hydrogens (tertiary/aromatic N) is 2. The van der Waals surface area contributed by atoms with Gasteiger partial charge in [0, 0.05) is 34.3 Å². The summed E-state index contributed by atoms with van der Waals surface area (Å²) in [6, 6.07) is 7.43. The molecule has 2 aromatic carbocycles. The van der Waals surface area contributed by atoms with E-state index in [9.17, 15) is 14.7 Å². The molecule has 172 valence electrons. The minimum absolute atomic E-state index is 0.158. The molecule has 0 spiro atoms. The van der Waals surface area contributed by atoms with Crippen molar-refractivity contribution < 1.29 is 28.9 Å². The van der Waals surface area contributed by atoms with E-state index in [0.29, 0.717) is 44.8 Å². The molecule has 1 aliphatic rings. The van der Waals surface area contributed by atoms with E-state index < -0.39 is 24.3 Å². The van der Waals surface area contributed by atoms with Gasteiger partial charge in [0.05, 0.1) is 33.1 Å². The zero-order chi connectivity index (χ0) is 23.6. The summed E-state index contributed by atoms with van der Waals surface area (Å²) >= 11 is 12.3. The van der Waals surface area contributed by atoms with E-state index in [1.165, 1.54) is 31.1 Å². The molecule has 2 aromatic rings. The number of carbonyl (C=O) groups is 2. The molecular formula is C22H24Cl2N2O6. The van der Waals surface area contributed by atoms with E-state index in [1.807, 2.05) is 0 Å². The summed E-state index contributed by atoms with van der Waals surface area (Å²) in [6.07, 6.45) is -1.32. The molecule has 0 radical (unpaired) electrons. The topological polar surface area (TPSA) is 88.5 Å². The lowest BCUT2D eigenvalue weighted by Crippen LogP contribution is -2.47. The average molecular weight is 483 g/mol. The minimum atomic E-state index is -1.10. The first-order chi connectivity index (χ1) is 15.2. The largest absolute Gasteiger partial charge is 0.493 e. The number of benzene rings is 2. The highest BCUT2D eigenvalue weighted by molar-refractivity contribution is 6.34. The summed E-state index contributed by atoms with van der Waals surface area (Å²) < 4.78 is 15.9. The highest BCUT2D eigenvalue weighted by atomic mass is 35.5. The number of methoxy groups -OCH3 is 3. The van der Waals surface area contributed by atoms with Crippen molar-refractivity contribution in [3.63, 3.8) is 0 Å². The lowest BCUT2D eigenvalue weighted by molar-refractivity contribution is 0.0947. The maximum absolute atomic E-state index is 12.8. The van der Waals surface area contributed by atoms with Crippen LogP contribution in [0, 0.1) is 0 Å². The molecule has 0 bridgehead atoms. The Bertz CT molecular complexity index is 1010. The summed E-state index contributed by atoms with van der Waals surface area (Å²) in [5.41, 5.74) is 1.72. The van der Waals surface area contributed by atoms with Crippen LogP contribution in [-0.2, 0) is 11.3 Å². The van der Waals surface area contributed by atoms with E-state index in [1.54, 1.807) is 37.3 Å². The molecule has 0 aromatic heterocycles. The van der Waals surface area contributed by atoms with Gasteiger partial charge in [-0.15, -0.1) is 0 Å². The van der Waals surface area contributed by atoms with E-state index in [2.05, 4.69) is 0 Å². The number of anilines is 1. The van der Waals surface area contributed by atoms with Gasteiger partial charge in [0.15, 0.2) is 11.5 Å². The van der Waals surface area contributed by atoms with Crippen molar-refractivity contribution in [2.24, 2.45) is 0 Å². The quantitative estimate of drug-likeness (QED) is 0.596. The Morgan fingerprint density at radius 2 is 1.66 bits per heavy atom. The van der Waals surface area contributed by atoms with Crippen molar-refractivity contribution >= 4 is 41.1 Å². The molecule has 32 heavy (non-hydrogen) atoms. The predicted molar refractivity (Wildman–Crippen MR) is 121 cm³/mol. The summed E-state index contributed by atoms with van der Waals surface area (Å²) in [4.78, 5) is 27.7. The number of ether oxygens (including phenoxy) is 3. The number of carboxylic acid groups (broad SMARTS) is 1. The van der Waals surface area contributed by atoms with Crippen LogP contribution in [0.1, 0.15) is 30.5 Å². The van der Waals surface area contributed by atoms with Crippen LogP contribution in [0.2, 0.25) is 10.0 Å². The van der Waals surface area contributed by atoms with E-state index in [4.69, 9.17) is 37.4 Å². The van der Waals surface area contributed by atoms with Gasteiger partial charge >= 0.3 is 12.2 Å². The minimum Gasteiger partial charge on any atom is -0.493 e. The maximum Gasteiger partial charge on any atom is 0.412 e. The second-order valence-corrected chi connectivity index (χ2v) is 8.27. The van der Waals surface area contributed by atoms with Crippen LogP contribution in [0.25, 0.3) is 0 Å². The molecule has 3 rings (SSSR count). The van der Waals surface area contributed by atoms with Gasteiger partial charge in [-0.2, -0.15) is 0 Å². The van der Waals surface area contributed by atoms with Crippen molar-refractivity contribution in [3.8, 4) is 11.5 Å². The molecule has 8 nitrogen and oxygen atoms in total. The summed E-state index contributed by atoms with van der Waals surface area (Å²) in [7, 11) is 4.26. The van der Waals surface area contributed by atoms with Gasteiger partial charge in [-0.05, 0) is 43.2 Å². The molecule has 0 saturated heterocycles. The molecule has 2 atom stereocenters. The molecule has 2 amide bonds. The Morgan fingerprint density at radius 1 is 1.06 bits per heavy atom. The first kappa shape index (κ1) is 23.8. The Labute approximate surface area is 196 Å². The molecule has 10 heteroatoms. The van der Waals surface area contributed by atoms with Crippen LogP contribution in [0.4, 0.5) is 15.3 Å². The zero-order valence-corrected chi connectivity index (χ0v) is 19.6. The molecule has 0 fully saturated rings. The fraction of sp³-hybridized carbons (Fsp3) is 0.364. The highest BCUT2D eigenvalue weighted by Gasteiger charge is 2.39. The van der Waals surface area contributed by atoms with Crippen LogP contribution in [0.15, 0.2) is 30.3 Å². The number of carbonyl (C=O) groups excluding carboxylic acids is 1. The number of hydrogen-bond acceptors (Lipinski definition) is 5. The first-order valence-corrected chi connectivity index (χ1v) is 10.5. The third-order valence-corrected chi connectivity index (χ3v) is 5.86. The Morgan fingerprint density at radius 3 is 2.19 bits per heavy atom. The summed E-state index contributed by atoms with van der Waals surface area (Å²) in [6.45, 7) is 1.94. The lowest BCUT2D eigenvalue weighted by Gasteiger charge is -2.42. The normalized spacial score (nSPS) is 17.4. The molecular weight excluding hydrogens is 459 g/mol. The zero-order valence-electron chi connectivity index (χ0n) is 18.1. The standard InChI is InChI=1S/C22H24Cl2N2O6/c1-12-5-17(25(22(29)32-4)11-13-6-14(23)8-15(24)7-13)16-9-19(30-2)20(31-3)10-18(16)26(12)21(27)28/h6-10,12,17H,5,11H2,1-4H3,(H,27,28). The number of amides is 2. The average Bonchev–Trinajstić information content (AvgIpc) is 2.74. The van der Waals surface area contributed by atoms with Gasteiger partial charge in [0.2, 0.25) is 0 Å². The molecule has 0 saturated carbocycles. The molecule has 2 unspecified atom stereocenters. The van der Waals surface area contributed by atoms with Gasteiger partial charge in [-0.3, -0.25) is 9.80 Å². The third-order valence-electron chi connectivity index (χ3n) is 5.42. The number of fused-ring (bicyclic) bond motifs is 1. The van der Waals surface area contributed by atoms with Crippen LogP contribution in [0.5, 0.6) is 11.5 Å². The van der Waals surface area contributed by atoms with Crippen molar-refractivity contribution in [2.45, 2.75) is 32.0 Å². The van der Waals surface area contributed by atoms with Crippen LogP contribution >= 0.6 is 23.2 Å². The van der Waals surface area contributed by atoms with Crippen molar-refractivity contribution in [3.05, 3.63) is 51.5 Å². The van der Waals surface area contributed by atoms with Gasteiger partial charge in [0.25, 0.3) is 0 Å². The number of halogens is 2. The van der Waals surface area contributed by atoms with Crippen LogP contribution < -0.4 is 14.4 Å². The molecule has 1 aliphatic heterocycles. The van der Waals surface area contributed by atoms with Crippen molar-refractivity contribution in [1.82, 2.24) is 4.90 Å². The van der Waals surface area contributed by atoms with Gasteiger partial charge in [-0.1, -0.05) is 23.2 Å². The Hall–Kier alpha value is -2.84. The third kappa shape index (κ3) is 4.66. The smallest absolute Gasteiger partial charge is 0.412 e. The fourth-order valence-electron chi connectivity index (χ4n) is 4.06. The van der Waals surface area contributed by atoms with E-state index in [-0.39, 0.29) is 6.54 Å². The highest BCUT2D eigenvalue weighted by Crippen LogP contribution is 2.46. The first-order valence-electron chi connectivity index (χ1n) is 9.77. The van der Waals surface area contributed by atoms with Crippen LogP contribution in [0.3, 0.4) is 0 Å². The summed E-state index contributed by atoms with van der Waals surface area (Å²) in [5, 5.41) is 10.7. The monoisotopic (exact) mass is 482 g/mol. The second kappa shape index (κ2) is 9.75. The van der Waals surface area contributed by atoms with Gasteiger partial charge < -0.3 is 19.3 Å². The predicted octanol–water partition coefficient (Wildman–Crippen LogP) is 5.60. The number of hydrogen-bond donors (Lipinski definition) is 1. The van der Waals surface area contributed by atoms with Gasteiger partial charge in [-0.25, -0.2) is 9.59 Å². The SMILES string of the molecule is COC(=O)N(Cc1cc(Cl)cc(Cl)c1)C1CC(C)N(C(=O)O)c2cc(OC)c(OC)cc21. The van der Waals surface area contributed by atoms with Crippen molar-refractivity contribution in [2.75, 3.05) is 26.2 Å². The number of rotatable bonds is 5. The second-order valence-electron chi connectivity index (χ2n) is 7.39. The molecule has 1 N–H and O–H groups in total. The fourth-order valence-corrected chi connectivity index (χ4v) is 4.63. The molecule has 1 heterocycles. The maximum atomic E-state index is 12.8.